The summed E-state index contributed by atoms with van der Waals surface area (Å²) < 4.78 is 32.9. The number of methoxy groups -OCH3 is 1. The maximum Gasteiger partial charge on any atom is 0.263 e. The molecule has 0 amide bonds. The van der Waals surface area contributed by atoms with Crippen molar-refractivity contribution in [2.75, 3.05) is 17.1 Å². The molecule has 0 radical (unpaired) electrons. The lowest BCUT2D eigenvalue weighted by Crippen LogP contribution is -2.14. The summed E-state index contributed by atoms with van der Waals surface area (Å²) in [6.45, 7) is 0.412. The Bertz CT molecular complexity index is 1370. The molecule has 0 spiro atoms. The number of fused-ring (bicyclic) bond motifs is 1. The molecule has 0 unspecified atom stereocenters. The normalized spacial score (nSPS) is 11.2. The van der Waals surface area contributed by atoms with Crippen molar-refractivity contribution in [1.82, 2.24) is 9.97 Å². The molecule has 0 saturated heterocycles. The zero-order chi connectivity index (χ0) is 22.6. The average Bonchev–Trinajstić information content (AvgIpc) is 2.82. The van der Waals surface area contributed by atoms with Crippen molar-refractivity contribution in [3.8, 4) is 5.75 Å². The molecule has 9 nitrogen and oxygen atoms in total. The van der Waals surface area contributed by atoms with E-state index in [-0.39, 0.29) is 10.7 Å². The molecule has 10 heteroatoms. The van der Waals surface area contributed by atoms with Crippen LogP contribution in [0.3, 0.4) is 0 Å². The van der Waals surface area contributed by atoms with Crippen LogP contribution in [0, 0.1) is 5.53 Å². The van der Waals surface area contributed by atoms with Crippen LogP contribution in [0.2, 0.25) is 0 Å². The van der Waals surface area contributed by atoms with Gasteiger partial charge in [-0.25, -0.2) is 18.9 Å². The van der Waals surface area contributed by atoms with Crippen LogP contribution in [0.5, 0.6) is 5.75 Å². The molecule has 0 aliphatic heterocycles. The number of pyridine rings is 2. The van der Waals surface area contributed by atoms with Gasteiger partial charge in [0.05, 0.1) is 17.5 Å². The van der Waals surface area contributed by atoms with Gasteiger partial charge in [-0.2, -0.15) is 5.11 Å². The fourth-order valence-corrected chi connectivity index (χ4v) is 4.10. The number of hydrogen-bond acceptors (Lipinski definition) is 8. The molecule has 3 N–H and O–H groups in total. The third kappa shape index (κ3) is 4.65. The molecule has 0 aliphatic rings. The van der Waals surface area contributed by atoms with Gasteiger partial charge in [-0.1, -0.05) is 12.1 Å². The highest BCUT2D eigenvalue weighted by Gasteiger charge is 2.16. The largest absolute Gasteiger partial charge is 0.497 e. The molecule has 0 atom stereocenters. The summed E-state index contributed by atoms with van der Waals surface area (Å²) in [5.74, 6) is 0.957. The van der Waals surface area contributed by atoms with Crippen LogP contribution >= 0.6 is 0 Å². The fraction of sp³-hybridized carbons (Fsp3) is 0.0909. The minimum atomic E-state index is -3.85. The van der Waals surface area contributed by atoms with Crippen molar-refractivity contribution in [2.24, 2.45) is 5.11 Å². The maximum atomic E-state index is 12.7. The van der Waals surface area contributed by atoms with E-state index in [2.05, 4.69) is 25.1 Å². The molecule has 0 saturated carbocycles. The van der Waals surface area contributed by atoms with Gasteiger partial charge in [0.25, 0.3) is 10.0 Å². The SMILES string of the molecule is COc1ccc(S(=O)(=O)Nc2ccc(N=N)c(NCc3ccc4ncccc4c3)n2)cc1. The highest BCUT2D eigenvalue weighted by atomic mass is 32.2. The average molecular weight is 449 g/mol. The number of rotatable bonds is 8. The summed E-state index contributed by atoms with van der Waals surface area (Å²) in [5, 5.41) is 7.61. The molecular weight excluding hydrogens is 428 g/mol. The fourth-order valence-electron chi connectivity index (χ4n) is 3.10. The highest BCUT2D eigenvalue weighted by Crippen LogP contribution is 2.27. The second-order valence-electron chi connectivity index (χ2n) is 6.84. The Hall–Kier alpha value is -4.05. The molecule has 2 aromatic carbocycles. The van der Waals surface area contributed by atoms with Crippen LogP contribution in [0.4, 0.5) is 17.3 Å². The lowest BCUT2D eigenvalue weighted by Gasteiger charge is -2.12. The summed E-state index contributed by atoms with van der Waals surface area (Å²) in [5.41, 5.74) is 9.55. The topological polar surface area (TPSA) is 129 Å². The minimum Gasteiger partial charge on any atom is -0.497 e. The lowest BCUT2D eigenvalue weighted by atomic mass is 10.1. The molecule has 2 aromatic heterocycles. The number of nitrogens with one attached hydrogen (secondary N) is 3. The number of hydrogen-bond donors (Lipinski definition) is 3. The Morgan fingerprint density at radius 3 is 2.62 bits per heavy atom. The van der Waals surface area contributed by atoms with Gasteiger partial charge in [-0.3, -0.25) is 9.71 Å². The molecule has 162 valence electrons. The van der Waals surface area contributed by atoms with Crippen molar-refractivity contribution in [3.05, 3.63) is 78.5 Å². The van der Waals surface area contributed by atoms with E-state index >= 15 is 0 Å². The van der Waals surface area contributed by atoms with Gasteiger partial charge in [-0.15, -0.1) is 0 Å². The first-order chi connectivity index (χ1) is 15.5. The first-order valence-corrected chi connectivity index (χ1v) is 11.1. The summed E-state index contributed by atoms with van der Waals surface area (Å²) in [6, 6.07) is 18.7. The molecular formula is C22H20N6O3S. The first-order valence-electron chi connectivity index (χ1n) is 9.61. The summed E-state index contributed by atoms with van der Waals surface area (Å²) in [7, 11) is -2.34. The molecule has 0 fully saturated rings. The maximum absolute atomic E-state index is 12.7. The van der Waals surface area contributed by atoms with Gasteiger partial charge in [0.15, 0.2) is 5.82 Å². The number of ether oxygens (including phenoxy) is 1. The van der Waals surface area contributed by atoms with Gasteiger partial charge in [0.1, 0.15) is 17.3 Å². The van der Waals surface area contributed by atoms with E-state index in [0.717, 1.165) is 16.5 Å². The zero-order valence-corrected chi connectivity index (χ0v) is 17.9. The molecule has 0 bridgehead atoms. The Kier molecular flexibility index (Phi) is 5.95. The Labute approximate surface area is 185 Å². The van der Waals surface area contributed by atoms with Crippen molar-refractivity contribution in [1.29, 1.82) is 5.53 Å². The van der Waals surface area contributed by atoms with E-state index in [9.17, 15) is 8.42 Å². The van der Waals surface area contributed by atoms with E-state index in [1.807, 2.05) is 30.3 Å². The predicted octanol–water partition coefficient (Wildman–Crippen LogP) is 4.71. The van der Waals surface area contributed by atoms with Crippen molar-refractivity contribution in [2.45, 2.75) is 11.4 Å². The van der Waals surface area contributed by atoms with Crippen LogP contribution in [-0.4, -0.2) is 25.5 Å². The van der Waals surface area contributed by atoms with Crippen molar-refractivity contribution < 1.29 is 13.2 Å². The zero-order valence-electron chi connectivity index (χ0n) is 17.1. The van der Waals surface area contributed by atoms with Crippen LogP contribution in [0.15, 0.2) is 82.9 Å². The van der Waals surface area contributed by atoms with Gasteiger partial charge in [0, 0.05) is 18.1 Å². The number of anilines is 2. The standard InChI is InChI=1S/C22H20N6O3S/c1-31-17-5-7-18(8-6-17)32(29,30)28-21-11-10-20(27-23)22(26-21)25-14-15-4-9-19-16(13-15)3-2-12-24-19/h2-13,23H,14H2,1H3,(H2,25,26,28). The van der Waals surface area contributed by atoms with Gasteiger partial charge >= 0.3 is 0 Å². The van der Waals surface area contributed by atoms with Crippen LogP contribution in [0.25, 0.3) is 10.9 Å². The van der Waals surface area contributed by atoms with Crippen LogP contribution in [0.1, 0.15) is 5.56 Å². The predicted molar refractivity (Wildman–Crippen MR) is 122 cm³/mol. The summed E-state index contributed by atoms with van der Waals surface area (Å²) in [4.78, 5) is 8.69. The number of benzene rings is 2. The minimum absolute atomic E-state index is 0.0774. The van der Waals surface area contributed by atoms with Gasteiger partial charge in [0.2, 0.25) is 0 Å². The third-order valence-corrected chi connectivity index (χ3v) is 6.10. The number of sulfonamides is 1. The van der Waals surface area contributed by atoms with Crippen molar-refractivity contribution >= 4 is 38.2 Å². The smallest absolute Gasteiger partial charge is 0.263 e. The number of aromatic nitrogens is 2. The highest BCUT2D eigenvalue weighted by molar-refractivity contribution is 7.92. The lowest BCUT2D eigenvalue weighted by molar-refractivity contribution is 0.414. The van der Waals surface area contributed by atoms with Crippen LogP contribution < -0.4 is 14.8 Å². The Balaban J connectivity index is 1.54. The van der Waals surface area contributed by atoms with E-state index in [1.165, 1.54) is 31.4 Å². The van der Waals surface area contributed by atoms with Gasteiger partial charge < -0.3 is 10.1 Å². The Morgan fingerprint density at radius 1 is 1.06 bits per heavy atom. The van der Waals surface area contributed by atoms with E-state index in [4.69, 9.17) is 10.3 Å². The summed E-state index contributed by atoms with van der Waals surface area (Å²) in [6.07, 6.45) is 1.74. The van der Waals surface area contributed by atoms with E-state index in [0.29, 0.717) is 23.8 Å². The monoisotopic (exact) mass is 448 g/mol. The van der Waals surface area contributed by atoms with E-state index < -0.39 is 10.0 Å². The molecule has 32 heavy (non-hydrogen) atoms. The quantitative estimate of drug-likeness (QED) is 0.335. The summed E-state index contributed by atoms with van der Waals surface area (Å²) >= 11 is 0. The molecule has 4 rings (SSSR count). The van der Waals surface area contributed by atoms with Gasteiger partial charge in [-0.05, 0) is 60.2 Å². The second kappa shape index (κ2) is 8.98. The second-order valence-corrected chi connectivity index (χ2v) is 8.52. The number of nitrogens with zero attached hydrogens (tertiary/aromatic N) is 3. The van der Waals surface area contributed by atoms with Crippen LogP contribution in [-0.2, 0) is 16.6 Å². The van der Waals surface area contributed by atoms with Crippen molar-refractivity contribution in [3.63, 3.8) is 0 Å². The first kappa shape index (κ1) is 21.2. The molecule has 4 aromatic rings. The Morgan fingerprint density at radius 2 is 1.88 bits per heavy atom. The van der Waals surface area contributed by atoms with E-state index in [1.54, 1.807) is 18.3 Å². The third-order valence-electron chi connectivity index (χ3n) is 4.73. The molecule has 2 heterocycles. The molecule has 0 aliphatic carbocycles.